The summed E-state index contributed by atoms with van der Waals surface area (Å²) in [5.74, 6) is -0.250. The molecule has 0 aromatic rings. The van der Waals surface area contributed by atoms with E-state index in [2.05, 4.69) is 9.41 Å². The average Bonchev–Trinajstić information content (AvgIpc) is 3.54. The van der Waals surface area contributed by atoms with Gasteiger partial charge in [0.1, 0.15) is 152 Å². The second-order valence-corrected chi connectivity index (χ2v) is 20.5. The lowest BCUT2D eigenvalue weighted by Crippen LogP contribution is -2.67. The molecule has 0 aliphatic carbocycles. The van der Waals surface area contributed by atoms with Crippen LogP contribution in [-0.2, 0) is 80.2 Å². The van der Waals surface area contributed by atoms with Crippen LogP contribution >= 0.6 is 16.5 Å². The summed E-state index contributed by atoms with van der Waals surface area (Å²) in [4.78, 5) is 46.0. The molecule has 474 valence electrons. The zero-order valence-corrected chi connectivity index (χ0v) is 44.0. The second-order valence-electron chi connectivity index (χ2n) is 19.2. The molecular formula is C41H68O38P2-4. The summed E-state index contributed by atoms with van der Waals surface area (Å²) in [6, 6.07) is 0. The summed E-state index contributed by atoms with van der Waals surface area (Å²) >= 11 is 0. The highest BCUT2D eigenvalue weighted by Gasteiger charge is 2.56. The number of ketones is 1. The quantitative estimate of drug-likeness (QED) is 0.0185. The molecule has 30 atom stereocenters. The molecule has 6 rings (SSSR count). The van der Waals surface area contributed by atoms with E-state index in [1.54, 1.807) is 0 Å². The smallest absolute Gasteiger partial charge is 0.187 e. The molecule has 6 heterocycles. The topological polar surface area (TPSA) is 617 Å². The molecule has 0 bridgehead atoms. The Morgan fingerprint density at radius 3 is 1.27 bits per heavy atom. The molecule has 12 unspecified atom stereocenters. The first-order chi connectivity index (χ1) is 38.1. The summed E-state index contributed by atoms with van der Waals surface area (Å²) < 4.78 is 91.4. The number of hydrogen-bond donors (Lipinski definition) is 17. The number of phosphoric ester groups is 1. The van der Waals surface area contributed by atoms with Crippen molar-refractivity contribution in [2.45, 2.75) is 204 Å². The molecule has 0 aromatic carbocycles. The van der Waals surface area contributed by atoms with Gasteiger partial charge in [-0.3, -0.25) is 4.57 Å². The number of aliphatic hydroxyl groups excluding tert-OH is 17. The minimum atomic E-state index is -5.70. The standard InChI is InChI=1S/C41H71O36P.HO2P/c1-11(44)3-2-4-64-37-32(59)33(75-41-35(28(55)19(46)13(6-43)70-41)77-39-31(58)26(53)22(49)17(74-39)10-68-78(61,62)63)23(50)15(72-37)8-65-36-29(56)24(51)20(47)14(71-36)7-66-40-34(27(54)18(45)12(5-42)69-40)76-38-30(57)25(52)21(48)16(73-38)9-67-60;1-3-2/h12-43,45-60H,2-10H2,1H3,(H2,61,62,63);(H,1,2)/p-4/t12?,13?,14?,15?,16?,17?,18-,19-,20-,21-,22-,23-,24+,25+,26+,27+,28+,29?,30?,31?,32?,33+,34?,35?,36+,37-,38+,39-,40+,41+;/m1./s1. The van der Waals surface area contributed by atoms with Crippen molar-refractivity contribution in [3.63, 3.8) is 0 Å². The van der Waals surface area contributed by atoms with Gasteiger partial charge in [0.15, 0.2) is 37.7 Å². The molecule has 6 saturated heterocycles. The van der Waals surface area contributed by atoms with Crippen molar-refractivity contribution in [3.8, 4) is 0 Å². The van der Waals surface area contributed by atoms with Gasteiger partial charge < -0.3 is 182 Å². The molecule has 0 aromatic heterocycles. The van der Waals surface area contributed by atoms with Crippen LogP contribution in [0.2, 0.25) is 0 Å². The number of carbonyl (C=O) groups is 1. The van der Waals surface area contributed by atoms with E-state index in [0.29, 0.717) is 0 Å². The van der Waals surface area contributed by atoms with E-state index in [4.69, 9.17) is 66.3 Å². The van der Waals surface area contributed by atoms with Crippen molar-refractivity contribution in [1.29, 1.82) is 0 Å². The highest BCUT2D eigenvalue weighted by molar-refractivity contribution is 7.43. The van der Waals surface area contributed by atoms with Gasteiger partial charge in [-0.25, -0.2) is 0 Å². The summed E-state index contributed by atoms with van der Waals surface area (Å²) in [5.41, 5.74) is 0. The largest absolute Gasteiger partial charge is 0.790 e. The fourth-order valence-electron chi connectivity index (χ4n) is 9.11. The highest BCUT2D eigenvalue weighted by atomic mass is 31.2. The third-order valence-corrected chi connectivity index (χ3v) is 14.1. The number of aliphatic hydroxyl groups is 17. The lowest BCUT2D eigenvalue weighted by Gasteiger charge is -2.49. The molecule has 0 spiro atoms. The fourth-order valence-corrected chi connectivity index (χ4v) is 9.44. The first-order valence-electron chi connectivity index (χ1n) is 24.7. The molecular weight excluding hydrogens is 1160 g/mol. The van der Waals surface area contributed by atoms with E-state index >= 15 is 0 Å². The lowest BCUT2D eigenvalue weighted by atomic mass is 9.96. The van der Waals surface area contributed by atoms with Gasteiger partial charge in [0, 0.05) is 6.42 Å². The van der Waals surface area contributed by atoms with Crippen LogP contribution in [0.3, 0.4) is 0 Å². The van der Waals surface area contributed by atoms with Crippen LogP contribution in [-0.4, -0.2) is 323 Å². The van der Waals surface area contributed by atoms with Crippen molar-refractivity contribution in [3.05, 3.63) is 0 Å². The van der Waals surface area contributed by atoms with E-state index in [0.717, 1.165) is 0 Å². The van der Waals surface area contributed by atoms with E-state index in [-0.39, 0.29) is 25.2 Å². The average molecular weight is 1230 g/mol. The Kier molecular flexibility index (Phi) is 27.8. The molecule has 17 N–H and O–H groups in total. The highest BCUT2D eigenvalue weighted by Crippen LogP contribution is 2.36. The minimum Gasteiger partial charge on any atom is -0.790 e. The Hall–Kier alpha value is -1.40. The van der Waals surface area contributed by atoms with E-state index in [1.807, 2.05) is 0 Å². The Morgan fingerprint density at radius 1 is 0.457 bits per heavy atom. The first kappa shape index (κ1) is 70.4. The van der Waals surface area contributed by atoms with Crippen LogP contribution in [0.25, 0.3) is 0 Å². The van der Waals surface area contributed by atoms with E-state index in [1.165, 1.54) is 6.92 Å². The summed E-state index contributed by atoms with van der Waals surface area (Å²) in [6.45, 7) is -4.84. The second kappa shape index (κ2) is 32.0. The van der Waals surface area contributed by atoms with Crippen molar-refractivity contribution < 1.29 is 187 Å². The van der Waals surface area contributed by atoms with Gasteiger partial charge in [-0.15, -0.1) is 0 Å². The van der Waals surface area contributed by atoms with Gasteiger partial charge in [-0.2, -0.15) is 0 Å². The van der Waals surface area contributed by atoms with Crippen LogP contribution in [0.5, 0.6) is 0 Å². The maximum atomic E-state index is 11.8. The summed E-state index contributed by atoms with van der Waals surface area (Å²) in [6.07, 6.45) is -59.5. The zero-order valence-electron chi connectivity index (χ0n) is 42.3. The lowest BCUT2D eigenvalue weighted by molar-refractivity contribution is -0.692. The monoisotopic (exact) mass is 1230 g/mol. The number of Topliss-reactive ketones (excluding diaryl/α,β-unsaturated/α-hetero) is 1. The Balaban J connectivity index is 0.00000392. The number of rotatable bonds is 24. The van der Waals surface area contributed by atoms with Crippen LogP contribution in [0.4, 0.5) is 0 Å². The Morgan fingerprint density at radius 2 is 0.815 bits per heavy atom. The number of carbonyl (C=O) groups excluding carboxylic acids is 1. The number of ether oxygens (including phenoxy) is 12. The molecule has 0 radical (unpaired) electrons. The third kappa shape index (κ3) is 17.9. The Bertz CT molecular complexity index is 1930. The van der Waals surface area contributed by atoms with E-state index in [9.17, 15) is 111 Å². The minimum absolute atomic E-state index is 0.00939. The molecule has 0 amide bonds. The van der Waals surface area contributed by atoms with Crippen LogP contribution < -0.4 is 19.9 Å². The number of hydrogen-bond acceptors (Lipinski definition) is 38. The molecule has 6 fully saturated rings. The van der Waals surface area contributed by atoms with Gasteiger partial charge in [-0.05, 0) is 13.3 Å². The normalized spacial score (nSPS) is 46.2. The molecule has 38 nitrogen and oxygen atoms in total. The van der Waals surface area contributed by atoms with Crippen LogP contribution in [0.15, 0.2) is 0 Å². The van der Waals surface area contributed by atoms with E-state index < -0.39 is 240 Å². The molecule has 40 heteroatoms. The Labute approximate surface area is 458 Å². The third-order valence-electron chi connectivity index (χ3n) is 13.6. The summed E-state index contributed by atoms with van der Waals surface area (Å²) in [7, 11) is -6.79. The summed E-state index contributed by atoms with van der Waals surface area (Å²) in [5, 5.41) is 194. The number of phosphoric acid groups is 1. The maximum absolute atomic E-state index is 11.8. The van der Waals surface area contributed by atoms with Gasteiger partial charge in [-0.1, -0.05) is 0 Å². The molecule has 6 aliphatic rings. The maximum Gasteiger partial charge on any atom is 0.187 e. The van der Waals surface area contributed by atoms with Crippen molar-refractivity contribution in [2.75, 3.05) is 46.2 Å². The van der Waals surface area contributed by atoms with Crippen LogP contribution in [0.1, 0.15) is 19.8 Å². The SMILES string of the molecule is CC(=O)CCCO[C@@H]1OC(CO[C@H]2OC(CO[C@H]3OC(CO)[C@@H](O)[C@H](O)C3O[C@@H]3OC(CO[O-])[C@@H](O)[C@H](O)C3O)[C@@H](O)[C@H](O)C2O)[C@@H](O)[C@H](O[C@@H]2OC(CO)[C@@H](O)[C@H](O)C2O[C@H]2OC(COP(=O)([O-])[O-])[C@@H](O)[C@H](O)C2O)C1O.O=P[O-]. The molecule has 6 aliphatic heterocycles. The molecule has 81 heavy (non-hydrogen) atoms. The predicted molar refractivity (Wildman–Crippen MR) is 236 cm³/mol. The van der Waals surface area contributed by atoms with Gasteiger partial charge >= 0.3 is 0 Å². The van der Waals surface area contributed by atoms with Crippen LogP contribution in [0, 0.1) is 0 Å². The molecule has 0 saturated carbocycles. The first-order valence-corrected chi connectivity index (χ1v) is 26.9. The van der Waals surface area contributed by atoms with Gasteiger partial charge in [0.05, 0.1) is 62.8 Å². The van der Waals surface area contributed by atoms with Crippen molar-refractivity contribution in [2.24, 2.45) is 0 Å². The van der Waals surface area contributed by atoms with Gasteiger partial charge in [0.25, 0.3) is 0 Å². The van der Waals surface area contributed by atoms with Crippen molar-refractivity contribution >= 4 is 22.3 Å². The predicted octanol–water partition coefficient (Wildman–Crippen LogP) is -15.0. The zero-order chi connectivity index (χ0) is 60.4. The fraction of sp³-hybridized carbons (Fsp3) is 0.976. The van der Waals surface area contributed by atoms with Crippen molar-refractivity contribution in [1.82, 2.24) is 0 Å². The van der Waals surface area contributed by atoms with Gasteiger partial charge in [0.2, 0.25) is 0 Å².